The second-order valence-corrected chi connectivity index (χ2v) is 6.68. The lowest BCUT2D eigenvalue weighted by Crippen LogP contribution is -2.30. The van der Waals surface area contributed by atoms with Crippen LogP contribution in [-0.2, 0) is 0 Å². The molecule has 0 N–H and O–H groups in total. The van der Waals surface area contributed by atoms with Crippen molar-refractivity contribution in [3.05, 3.63) is 24.3 Å². The highest BCUT2D eigenvalue weighted by Gasteiger charge is 2.30. The quantitative estimate of drug-likeness (QED) is 0.462. The van der Waals surface area contributed by atoms with E-state index in [1.165, 1.54) is 43.4 Å². The number of rotatable bonds is 5. The Bertz CT molecular complexity index is 384. The zero-order valence-corrected chi connectivity index (χ0v) is 13.4. The van der Waals surface area contributed by atoms with E-state index in [2.05, 4.69) is 43.2 Å². The third kappa shape index (κ3) is 4.09. The Morgan fingerprint density at radius 1 is 1.16 bits per heavy atom. The van der Waals surface area contributed by atoms with Gasteiger partial charge in [-0.1, -0.05) is 37.8 Å². The van der Waals surface area contributed by atoms with Gasteiger partial charge in [0.25, 0.3) is 0 Å². The molecular formula is C16H24OS2. The first-order valence-electron chi connectivity index (χ1n) is 7.16. The normalized spacial score (nSPS) is 18.8. The van der Waals surface area contributed by atoms with Crippen LogP contribution in [0.3, 0.4) is 0 Å². The van der Waals surface area contributed by atoms with Crippen molar-refractivity contribution in [3.63, 3.8) is 0 Å². The molecule has 0 atom stereocenters. The predicted molar refractivity (Wildman–Crippen MR) is 87.7 cm³/mol. The maximum absolute atomic E-state index is 6.15. The zero-order valence-electron chi connectivity index (χ0n) is 11.7. The summed E-state index contributed by atoms with van der Waals surface area (Å²) in [5.74, 6) is 1.97. The third-order valence-electron chi connectivity index (χ3n) is 4.10. The van der Waals surface area contributed by atoms with Crippen molar-refractivity contribution in [3.8, 4) is 5.75 Å². The molecule has 3 heteroatoms. The van der Waals surface area contributed by atoms with Gasteiger partial charge in [0, 0.05) is 10.3 Å². The molecule has 1 saturated carbocycles. The summed E-state index contributed by atoms with van der Waals surface area (Å²) >= 11 is 6.36. The lowest BCUT2D eigenvalue weighted by molar-refractivity contribution is 0.145. The summed E-state index contributed by atoms with van der Waals surface area (Å²) in [5, 5.41) is 0. The van der Waals surface area contributed by atoms with Gasteiger partial charge in [0.05, 0.1) is 6.61 Å². The molecule has 0 heterocycles. The summed E-state index contributed by atoms with van der Waals surface area (Å²) < 4.78 is 6.15. The minimum absolute atomic E-state index is 0.283. The Morgan fingerprint density at radius 2 is 1.84 bits per heavy atom. The van der Waals surface area contributed by atoms with E-state index < -0.39 is 0 Å². The maximum Gasteiger partial charge on any atom is 0.132 e. The fraction of sp³-hybridized carbons (Fsp3) is 0.625. The van der Waals surface area contributed by atoms with Crippen molar-refractivity contribution in [1.29, 1.82) is 0 Å². The van der Waals surface area contributed by atoms with Gasteiger partial charge in [-0.2, -0.15) is 12.6 Å². The monoisotopic (exact) mass is 296 g/mol. The van der Waals surface area contributed by atoms with Gasteiger partial charge in [-0.05, 0) is 37.0 Å². The Morgan fingerprint density at radius 3 is 2.47 bits per heavy atom. The Balaban J connectivity index is 2.02. The molecule has 1 aliphatic rings. The summed E-state index contributed by atoms with van der Waals surface area (Å²) in [5.41, 5.74) is 0.283. The van der Waals surface area contributed by atoms with Crippen LogP contribution in [0.5, 0.6) is 5.75 Å². The van der Waals surface area contributed by atoms with Gasteiger partial charge in [-0.25, -0.2) is 0 Å². The molecule has 106 valence electrons. The molecular weight excluding hydrogens is 272 g/mol. The van der Waals surface area contributed by atoms with Crippen LogP contribution in [0.15, 0.2) is 29.2 Å². The number of hydrogen-bond acceptors (Lipinski definition) is 3. The van der Waals surface area contributed by atoms with Crippen LogP contribution in [0, 0.1) is 5.41 Å². The molecule has 0 radical (unpaired) electrons. The lowest BCUT2D eigenvalue weighted by Gasteiger charge is -2.31. The molecule has 1 fully saturated rings. The molecule has 1 aromatic rings. The van der Waals surface area contributed by atoms with Crippen molar-refractivity contribution < 1.29 is 4.74 Å². The number of benzene rings is 1. The van der Waals surface area contributed by atoms with Crippen molar-refractivity contribution in [2.75, 3.05) is 18.6 Å². The third-order valence-corrected chi connectivity index (χ3v) is 5.55. The standard InChI is InChI=1S/C16H24OS2/c1-19-15-9-5-4-8-14(15)17-12-16(13-18)10-6-2-3-7-11-16/h4-5,8-9,18H,2-3,6-7,10-13H2,1H3. The summed E-state index contributed by atoms with van der Waals surface area (Å²) in [7, 11) is 0. The van der Waals surface area contributed by atoms with E-state index in [9.17, 15) is 0 Å². The number of para-hydroxylation sites is 1. The summed E-state index contributed by atoms with van der Waals surface area (Å²) in [6.07, 6.45) is 10.0. The second-order valence-electron chi connectivity index (χ2n) is 5.51. The minimum atomic E-state index is 0.283. The molecule has 1 aliphatic carbocycles. The summed E-state index contributed by atoms with van der Waals surface area (Å²) in [6.45, 7) is 0.814. The van der Waals surface area contributed by atoms with E-state index in [1.54, 1.807) is 11.8 Å². The molecule has 0 aromatic heterocycles. The Hall–Kier alpha value is -0.280. The molecule has 1 nitrogen and oxygen atoms in total. The number of hydrogen-bond donors (Lipinski definition) is 1. The van der Waals surface area contributed by atoms with E-state index in [4.69, 9.17) is 4.74 Å². The van der Waals surface area contributed by atoms with Crippen LogP contribution in [0.2, 0.25) is 0 Å². The molecule has 19 heavy (non-hydrogen) atoms. The SMILES string of the molecule is CSc1ccccc1OCC1(CS)CCCCCC1. The Labute approximate surface area is 126 Å². The molecule has 0 amide bonds. The van der Waals surface area contributed by atoms with Crippen LogP contribution in [0.25, 0.3) is 0 Å². The van der Waals surface area contributed by atoms with E-state index in [-0.39, 0.29) is 5.41 Å². The van der Waals surface area contributed by atoms with Crippen LogP contribution in [0.4, 0.5) is 0 Å². The smallest absolute Gasteiger partial charge is 0.132 e. The zero-order chi connectivity index (χ0) is 13.6. The van der Waals surface area contributed by atoms with E-state index in [1.807, 2.05) is 0 Å². The van der Waals surface area contributed by atoms with Crippen molar-refractivity contribution >= 4 is 24.4 Å². The van der Waals surface area contributed by atoms with Gasteiger partial charge >= 0.3 is 0 Å². The summed E-state index contributed by atoms with van der Waals surface area (Å²) in [6, 6.07) is 8.32. The molecule has 0 spiro atoms. The van der Waals surface area contributed by atoms with E-state index >= 15 is 0 Å². The van der Waals surface area contributed by atoms with Gasteiger partial charge in [0.1, 0.15) is 5.75 Å². The van der Waals surface area contributed by atoms with Gasteiger partial charge in [0.2, 0.25) is 0 Å². The maximum atomic E-state index is 6.15. The first-order valence-corrected chi connectivity index (χ1v) is 9.02. The number of ether oxygens (including phenoxy) is 1. The Kier molecular flexibility index (Phi) is 5.96. The van der Waals surface area contributed by atoms with Gasteiger partial charge in [0.15, 0.2) is 0 Å². The van der Waals surface area contributed by atoms with Crippen LogP contribution >= 0.6 is 24.4 Å². The average molecular weight is 297 g/mol. The van der Waals surface area contributed by atoms with Crippen LogP contribution in [0.1, 0.15) is 38.5 Å². The molecule has 0 saturated heterocycles. The van der Waals surface area contributed by atoms with Gasteiger partial charge in [-0.3, -0.25) is 0 Å². The molecule has 0 unspecified atom stereocenters. The fourth-order valence-corrected chi connectivity index (χ4v) is 3.75. The van der Waals surface area contributed by atoms with Crippen molar-refractivity contribution in [2.45, 2.75) is 43.4 Å². The largest absolute Gasteiger partial charge is 0.492 e. The second kappa shape index (κ2) is 7.49. The van der Waals surface area contributed by atoms with Crippen molar-refractivity contribution in [2.24, 2.45) is 5.41 Å². The van der Waals surface area contributed by atoms with Crippen LogP contribution in [-0.4, -0.2) is 18.6 Å². The summed E-state index contributed by atoms with van der Waals surface area (Å²) in [4.78, 5) is 1.23. The molecule has 1 aromatic carbocycles. The fourth-order valence-electron chi connectivity index (χ4n) is 2.80. The van der Waals surface area contributed by atoms with Gasteiger partial charge < -0.3 is 4.74 Å². The van der Waals surface area contributed by atoms with Crippen LogP contribution < -0.4 is 4.74 Å². The van der Waals surface area contributed by atoms with E-state index in [0.29, 0.717) is 0 Å². The lowest BCUT2D eigenvalue weighted by atomic mass is 9.83. The molecule has 0 aliphatic heterocycles. The molecule has 0 bridgehead atoms. The van der Waals surface area contributed by atoms with Crippen molar-refractivity contribution in [1.82, 2.24) is 0 Å². The molecule has 2 rings (SSSR count). The highest BCUT2D eigenvalue weighted by molar-refractivity contribution is 7.98. The number of thioether (sulfide) groups is 1. The number of thiol groups is 1. The minimum Gasteiger partial charge on any atom is -0.492 e. The first-order chi connectivity index (χ1) is 9.29. The average Bonchev–Trinajstić information content (AvgIpc) is 2.71. The topological polar surface area (TPSA) is 9.23 Å². The highest BCUT2D eigenvalue weighted by atomic mass is 32.2. The first kappa shape index (κ1) is 15.1. The van der Waals surface area contributed by atoms with E-state index in [0.717, 1.165) is 18.1 Å². The highest BCUT2D eigenvalue weighted by Crippen LogP contribution is 2.37. The van der Waals surface area contributed by atoms with Gasteiger partial charge in [-0.15, -0.1) is 11.8 Å². The predicted octanol–water partition coefficient (Wildman–Crippen LogP) is 5.06.